The number of para-hydroxylation sites is 1. The molecule has 0 aliphatic rings. The number of hydrogen-bond acceptors (Lipinski definition) is 3. The number of ether oxygens (including phenoxy) is 1. The Kier molecular flexibility index (Phi) is 5.82. The Hall–Kier alpha value is -3.57. The van der Waals surface area contributed by atoms with Gasteiger partial charge in [0.1, 0.15) is 5.75 Å². The third-order valence-electron chi connectivity index (χ3n) is 4.48. The highest BCUT2D eigenvalue weighted by molar-refractivity contribution is 6.30. The van der Waals surface area contributed by atoms with Crippen LogP contribution in [0.2, 0.25) is 5.02 Å². The van der Waals surface area contributed by atoms with Crippen molar-refractivity contribution in [1.29, 1.82) is 0 Å². The maximum atomic E-state index is 12.3. The van der Waals surface area contributed by atoms with Crippen LogP contribution in [-0.2, 0) is 0 Å². The van der Waals surface area contributed by atoms with Gasteiger partial charge < -0.3 is 15.4 Å². The zero-order valence-corrected chi connectivity index (χ0v) is 17.1. The average molecular weight is 418 g/mol. The Labute approximate surface area is 179 Å². The van der Waals surface area contributed by atoms with Crippen LogP contribution in [0.15, 0.2) is 78.9 Å². The van der Waals surface area contributed by atoms with Gasteiger partial charge in [-0.2, -0.15) is 0 Å². The summed E-state index contributed by atoms with van der Waals surface area (Å²) in [5.74, 6) is 0.699. The van der Waals surface area contributed by atoms with Crippen molar-refractivity contribution in [3.05, 3.63) is 83.9 Å². The predicted octanol–water partition coefficient (Wildman–Crippen LogP) is 6.60. The first-order valence-corrected chi connectivity index (χ1v) is 9.97. The van der Waals surface area contributed by atoms with Gasteiger partial charge in [0.25, 0.3) is 0 Å². The molecule has 0 radical (unpaired) electrons. The van der Waals surface area contributed by atoms with Gasteiger partial charge >= 0.3 is 6.03 Å². The zero-order chi connectivity index (χ0) is 20.9. The van der Waals surface area contributed by atoms with Gasteiger partial charge in [0.15, 0.2) is 0 Å². The van der Waals surface area contributed by atoms with Gasteiger partial charge in [0.2, 0.25) is 0 Å². The summed E-state index contributed by atoms with van der Waals surface area (Å²) in [6.07, 6.45) is 0. The molecule has 1 heterocycles. The fourth-order valence-electron chi connectivity index (χ4n) is 3.16. The van der Waals surface area contributed by atoms with Crippen LogP contribution >= 0.6 is 11.6 Å². The number of urea groups is 1. The molecule has 0 atom stereocenters. The first-order chi connectivity index (χ1) is 14.6. The minimum absolute atomic E-state index is 0.318. The second kappa shape index (κ2) is 8.84. The summed E-state index contributed by atoms with van der Waals surface area (Å²) < 4.78 is 5.87. The number of carbonyl (C=O) groups is 1. The van der Waals surface area contributed by atoms with Gasteiger partial charge in [0, 0.05) is 33.4 Å². The van der Waals surface area contributed by atoms with E-state index in [0.29, 0.717) is 23.1 Å². The second-order valence-corrected chi connectivity index (χ2v) is 7.06. The highest BCUT2D eigenvalue weighted by atomic mass is 35.5. The van der Waals surface area contributed by atoms with Gasteiger partial charge in [-0.05, 0) is 49.4 Å². The van der Waals surface area contributed by atoms with E-state index in [1.165, 1.54) is 0 Å². The molecule has 0 unspecified atom stereocenters. The van der Waals surface area contributed by atoms with Crippen molar-refractivity contribution in [2.75, 3.05) is 17.2 Å². The Bertz CT molecular complexity index is 1200. The molecule has 0 aliphatic heterocycles. The fourth-order valence-corrected chi connectivity index (χ4v) is 3.35. The summed E-state index contributed by atoms with van der Waals surface area (Å²) in [7, 11) is 0. The lowest BCUT2D eigenvalue weighted by atomic mass is 10.1. The van der Waals surface area contributed by atoms with Crippen LogP contribution in [-0.4, -0.2) is 17.6 Å². The summed E-state index contributed by atoms with van der Waals surface area (Å²) in [6.45, 7) is 2.45. The molecule has 5 nitrogen and oxygen atoms in total. The fraction of sp³-hybridized carbons (Fsp3) is 0.0833. The van der Waals surface area contributed by atoms with Crippen molar-refractivity contribution >= 4 is 39.9 Å². The number of pyridine rings is 1. The summed E-state index contributed by atoms with van der Waals surface area (Å²) in [5.41, 5.74) is 3.82. The molecule has 4 aromatic rings. The number of aromatic nitrogens is 1. The Morgan fingerprint density at radius 2 is 1.73 bits per heavy atom. The van der Waals surface area contributed by atoms with E-state index < -0.39 is 0 Å². The molecule has 0 aliphatic carbocycles. The van der Waals surface area contributed by atoms with E-state index in [0.717, 1.165) is 27.8 Å². The maximum Gasteiger partial charge on any atom is 0.323 e. The Balaban J connectivity index is 1.65. The number of halogens is 1. The van der Waals surface area contributed by atoms with E-state index in [1.54, 1.807) is 0 Å². The number of fused-ring (bicyclic) bond motifs is 1. The van der Waals surface area contributed by atoms with Crippen LogP contribution in [0.3, 0.4) is 0 Å². The molecule has 0 saturated heterocycles. The van der Waals surface area contributed by atoms with Crippen LogP contribution in [0.4, 0.5) is 16.2 Å². The third-order valence-corrected chi connectivity index (χ3v) is 4.72. The summed E-state index contributed by atoms with van der Waals surface area (Å²) in [6, 6.07) is 23.9. The lowest BCUT2D eigenvalue weighted by molar-refractivity contribution is 0.262. The van der Waals surface area contributed by atoms with Crippen molar-refractivity contribution in [2.45, 2.75) is 6.92 Å². The van der Waals surface area contributed by atoms with E-state index in [2.05, 4.69) is 10.6 Å². The lowest BCUT2D eigenvalue weighted by Gasteiger charge is -2.13. The molecule has 1 aromatic heterocycles. The molecule has 4 rings (SSSR count). The molecule has 150 valence electrons. The number of anilines is 2. The number of amides is 2. The Morgan fingerprint density at radius 1 is 0.933 bits per heavy atom. The van der Waals surface area contributed by atoms with Crippen molar-refractivity contribution in [1.82, 2.24) is 4.98 Å². The van der Waals surface area contributed by atoms with Crippen LogP contribution in [0, 0.1) is 0 Å². The molecule has 0 bridgehead atoms. The van der Waals surface area contributed by atoms with Crippen LogP contribution in [0.1, 0.15) is 6.92 Å². The molecule has 30 heavy (non-hydrogen) atoms. The number of hydrogen-bond donors (Lipinski definition) is 2. The van der Waals surface area contributed by atoms with Gasteiger partial charge in [-0.25, -0.2) is 9.78 Å². The first kappa shape index (κ1) is 19.7. The minimum atomic E-state index is -0.318. The van der Waals surface area contributed by atoms with E-state index in [1.807, 2.05) is 85.8 Å². The lowest BCUT2D eigenvalue weighted by Crippen LogP contribution is -2.19. The maximum absolute atomic E-state index is 12.3. The number of rotatable bonds is 5. The van der Waals surface area contributed by atoms with E-state index in [9.17, 15) is 4.79 Å². The van der Waals surface area contributed by atoms with Crippen molar-refractivity contribution in [2.24, 2.45) is 0 Å². The standard InChI is InChI=1S/C24H20ClN3O2/c1-2-30-23-15-22(16-7-6-8-17(25)13-16)28-21-12-11-19(14-20(21)23)27-24(29)26-18-9-4-3-5-10-18/h3-15H,2H2,1H3,(H2,26,27,29). The number of benzene rings is 3. The van der Waals surface area contributed by atoms with Gasteiger partial charge in [-0.3, -0.25) is 0 Å². The number of nitrogens with one attached hydrogen (secondary N) is 2. The van der Waals surface area contributed by atoms with Crippen molar-refractivity contribution in [3.8, 4) is 17.0 Å². The molecule has 6 heteroatoms. The zero-order valence-electron chi connectivity index (χ0n) is 16.4. The Morgan fingerprint density at radius 3 is 2.50 bits per heavy atom. The van der Waals surface area contributed by atoms with Crippen LogP contribution in [0.5, 0.6) is 5.75 Å². The highest BCUT2D eigenvalue weighted by Gasteiger charge is 2.11. The largest absolute Gasteiger partial charge is 0.493 e. The molecule has 2 amide bonds. The van der Waals surface area contributed by atoms with Crippen LogP contribution in [0.25, 0.3) is 22.2 Å². The topological polar surface area (TPSA) is 63.2 Å². The van der Waals surface area contributed by atoms with E-state index in [-0.39, 0.29) is 6.03 Å². The van der Waals surface area contributed by atoms with Crippen molar-refractivity contribution < 1.29 is 9.53 Å². The van der Waals surface area contributed by atoms with Crippen LogP contribution < -0.4 is 15.4 Å². The quantitative estimate of drug-likeness (QED) is 0.384. The smallest absolute Gasteiger partial charge is 0.323 e. The molecule has 0 fully saturated rings. The van der Waals surface area contributed by atoms with E-state index in [4.69, 9.17) is 21.3 Å². The van der Waals surface area contributed by atoms with Gasteiger partial charge in [0.05, 0.1) is 17.8 Å². The van der Waals surface area contributed by atoms with Gasteiger partial charge in [-0.1, -0.05) is 41.9 Å². The SMILES string of the molecule is CCOc1cc(-c2cccc(Cl)c2)nc2ccc(NC(=O)Nc3ccccc3)cc12. The van der Waals surface area contributed by atoms with Crippen molar-refractivity contribution in [3.63, 3.8) is 0 Å². The molecule has 0 spiro atoms. The summed E-state index contributed by atoms with van der Waals surface area (Å²) >= 11 is 6.14. The molecular formula is C24H20ClN3O2. The third kappa shape index (κ3) is 4.53. The minimum Gasteiger partial charge on any atom is -0.493 e. The summed E-state index contributed by atoms with van der Waals surface area (Å²) in [5, 5.41) is 7.13. The molecule has 2 N–H and O–H groups in total. The molecule has 0 saturated carbocycles. The first-order valence-electron chi connectivity index (χ1n) is 9.59. The number of carbonyl (C=O) groups excluding carboxylic acids is 1. The molecular weight excluding hydrogens is 398 g/mol. The van der Waals surface area contributed by atoms with Gasteiger partial charge in [-0.15, -0.1) is 0 Å². The predicted molar refractivity (Wildman–Crippen MR) is 122 cm³/mol. The average Bonchev–Trinajstić information content (AvgIpc) is 2.75. The van der Waals surface area contributed by atoms with E-state index >= 15 is 0 Å². The molecule has 3 aromatic carbocycles. The summed E-state index contributed by atoms with van der Waals surface area (Å²) in [4.78, 5) is 17.1. The number of nitrogens with zero attached hydrogens (tertiary/aromatic N) is 1. The highest BCUT2D eigenvalue weighted by Crippen LogP contribution is 2.32. The normalized spacial score (nSPS) is 10.6. The monoisotopic (exact) mass is 417 g/mol. The second-order valence-electron chi connectivity index (χ2n) is 6.63.